The molecule has 2 heteroatoms. The van der Waals surface area contributed by atoms with Gasteiger partial charge in [-0.15, -0.1) is 0 Å². The van der Waals surface area contributed by atoms with Gasteiger partial charge in [0.2, 0.25) is 0 Å². The van der Waals surface area contributed by atoms with Crippen LogP contribution in [0.1, 0.15) is 52.0 Å². The van der Waals surface area contributed by atoms with E-state index in [2.05, 4.69) is 31.0 Å². The first-order valence-electron chi connectivity index (χ1n) is 7.19. The SMILES string of the molecule is CC(C)(C)C1CCC(=N/N=C/c2ccccc2)CC1. The molecule has 0 unspecified atom stereocenters. The van der Waals surface area contributed by atoms with Crippen LogP contribution in [0.15, 0.2) is 40.5 Å². The summed E-state index contributed by atoms with van der Waals surface area (Å²) >= 11 is 0. The number of nitrogens with zero attached hydrogens (tertiary/aromatic N) is 2. The van der Waals surface area contributed by atoms with Gasteiger partial charge in [-0.05, 0) is 42.6 Å². The zero-order valence-electron chi connectivity index (χ0n) is 12.3. The van der Waals surface area contributed by atoms with Crippen LogP contribution in [0.2, 0.25) is 0 Å². The molecule has 19 heavy (non-hydrogen) atoms. The molecule has 0 N–H and O–H groups in total. The molecule has 1 aliphatic rings. The Bertz CT molecular complexity index is 442. The van der Waals surface area contributed by atoms with E-state index in [1.807, 2.05) is 36.5 Å². The third-order valence-corrected chi connectivity index (χ3v) is 3.99. The van der Waals surface area contributed by atoms with Gasteiger partial charge in [-0.25, -0.2) is 0 Å². The maximum Gasteiger partial charge on any atom is 0.0568 e. The Labute approximate surface area is 116 Å². The smallest absolute Gasteiger partial charge is 0.0568 e. The van der Waals surface area contributed by atoms with E-state index in [9.17, 15) is 0 Å². The lowest BCUT2D eigenvalue weighted by atomic mass is 9.72. The van der Waals surface area contributed by atoms with E-state index in [1.54, 1.807) is 0 Å². The van der Waals surface area contributed by atoms with Gasteiger partial charge >= 0.3 is 0 Å². The highest BCUT2D eigenvalue weighted by atomic mass is 15.2. The highest BCUT2D eigenvalue weighted by Crippen LogP contribution is 2.36. The largest absolute Gasteiger partial charge is 0.160 e. The molecule has 1 saturated carbocycles. The maximum absolute atomic E-state index is 4.38. The first-order valence-corrected chi connectivity index (χ1v) is 7.19. The van der Waals surface area contributed by atoms with Gasteiger partial charge in [0.1, 0.15) is 0 Å². The van der Waals surface area contributed by atoms with Crippen LogP contribution >= 0.6 is 0 Å². The topological polar surface area (TPSA) is 24.7 Å². The minimum atomic E-state index is 0.429. The molecule has 0 heterocycles. The molecule has 0 saturated heterocycles. The molecule has 0 radical (unpaired) electrons. The fourth-order valence-electron chi connectivity index (χ4n) is 2.63. The van der Waals surface area contributed by atoms with E-state index < -0.39 is 0 Å². The Morgan fingerprint density at radius 1 is 1.05 bits per heavy atom. The zero-order valence-corrected chi connectivity index (χ0v) is 12.3. The molecular formula is C17H24N2. The summed E-state index contributed by atoms with van der Waals surface area (Å²) < 4.78 is 0. The molecule has 0 aromatic heterocycles. The summed E-state index contributed by atoms with van der Waals surface area (Å²) in [5.41, 5.74) is 2.79. The van der Waals surface area contributed by atoms with Crippen LogP contribution in [0.4, 0.5) is 0 Å². The third-order valence-electron chi connectivity index (χ3n) is 3.99. The Morgan fingerprint density at radius 3 is 2.26 bits per heavy atom. The molecule has 102 valence electrons. The van der Waals surface area contributed by atoms with Crippen molar-refractivity contribution in [3.05, 3.63) is 35.9 Å². The summed E-state index contributed by atoms with van der Waals surface area (Å²) in [4.78, 5) is 0. The van der Waals surface area contributed by atoms with Crippen LogP contribution in [0.5, 0.6) is 0 Å². The Morgan fingerprint density at radius 2 is 1.68 bits per heavy atom. The summed E-state index contributed by atoms with van der Waals surface area (Å²) in [5, 5.41) is 8.60. The molecule has 1 aromatic rings. The molecule has 2 nitrogen and oxygen atoms in total. The number of benzene rings is 1. The van der Waals surface area contributed by atoms with Crippen LogP contribution < -0.4 is 0 Å². The van der Waals surface area contributed by atoms with Crippen molar-refractivity contribution in [1.82, 2.24) is 0 Å². The molecule has 1 fully saturated rings. The lowest BCUT2D eigenvalue weighted by Crippen LogP contribution is -2.25. The Hall–Kier alpha value is -1.44. The van der Waals surface area contributed by atoms with Gasteiger partial charge < -0.3 is 0 Å². The van der Waals surface area contributed by atoms with Crippen molar-refractivity contribution in [2.45, 2.75) is 46.5 Å². The van der Waals surface area contributed by atoms with Crippen LogP contribution in [-0.4, -0.2) is 11.9 Å². The van der Waals surface area contributed by atoms with Gasteiger partial charge in [0.25, 0.3) is 0 Å². The quantitative estimate of drug-likeness (QED) is 0.541. The van der Waals surface area contributed by atoms with E-state index in [1.165, 1.54) is 18.6 Å². The fraction of sp³-hybridized carbons (Fsp3) is 0.529. The fourth-order valence-corrected chi connectivity index (χ4v) is 2.63. The second kappa shape index (κ2) is 6.14. The summed E-state index contributed by atoms with van der Waals surface area (Å²) in [7, 11) is 0. The Kier molecular flexibility index (Phi) is 4.52. The van der Waals surface area contributed by atoms with E-state index in [-0.39, 0.29) is 0 Å². The van der Waals surface area contributed by atoms with Crippen LogP contribution in [0.3, 0.4) is 0 Å². The maximum atomic E-state index is 4.38. The normalized spacial score (nSPS) is 20.8. The highest BCUT2D eigenvalue weighted by molar-refractivity contribution is 5.86. The van der Waals surface area contributed by atoms with Gasteiger partial charge in [-0.2, -0.15) is 10.2 Å². The molecular weight excluding hydrogens is 232 g/mol. The predicted molar refractivity (Wildman–Crippen MR) is 82.9 cm³/mol. The van der Waals surface area contributed by atoms with E-state index >= 15 is 0 Å². The monoisotopic (exact) mass is 256 g/mol. The van der Waals surface area contributed by atoms with Gasteiger partial charge in [-0.1, -0.05) is 51.1 Å². The molecule has 1 aliphatic carbocycles. The van der Waals surface area contributed by atoms with Crippen LogP contribution in [0.25, 0.3) is 0 Å². The number of hydrogen-bond donors (Lipinski definition) is 0. The predicted octanol–water partition coefficient (Wildman–Crippen LogP) is 4.70. The molecule has 0 amide bonds. The van der Waals surface area contributed by atoms with Crippen molar-refractivity contribution >= 4 is 11.9 Å². The van der Waals surface area contributed by atoms with Crippen LogP contribution in [-0.2, 0) is 0 Å². The average Bonchev–Trinajstić information content (AvgIpc) is 2.39. The van der Waals surface area contributed by atoms with Crippen molar-refractivity contribution < 1.29 is 0 Å². The minimum absolute atomic E-state index is 0.429. The van der Waals surface area contributed by atoms with Crippen molar-refractivity contribution in [2.24, 2.45) is 21.5 Å². The van der Waals surface area contributed by atoms with Crippen molar-refractivity contribution in [1.29, 1.82) is 0 Å². The first kappa shape index (κ1) is 14.0. The molecule has 0 aliphatic heterocycles. The zero-order chi connectivity index (χ0) is 13.7. The van der Waals surface area contributed by atoms with E-state index in [0.29, 0.717) is 5.41 Å². The first-order chi connectivity index (χ1) is 9.05. The van der Waals surface area contributed by atoms with E-state index in [4.69, 9.17) is 0 Å². The van der Waals surface area contributed by atoms with Gasteiger partial charge in [-0.3, -0.25) is 0 Å². The molecule has 0 bridgehead atoms. The second-order valence-corrected chi connectivity index (χ2v) is 6.46. The summed E-state index contributed by atoms with van der Waals surface area (Å²) in [6.45, 7) is 7.02. The summed E-state index contributed by atoms with van der Waals surface area (Å²) in [6, 6.07) is 10.1. The summed E-state index contributed by atoms with van der Waals surface area (Å²) in [5.74, 6) is 0.824. The molecule has 0 spiro atoms. The van der Waals surface area contributed by atoms with Gasteiger partial charge in [0, 0.05) is 5.71 Å². The molecule has 0 atom stereocenters. The van der Waals surface area contributed by atoms with Crippen LogP contribution in [0, 0.1) is 11.3 Å². The average molecular weight is 256 g/mol. The van der Waals surface area contributed by atoms with E-state index in [0.717, 1.165) is 24.3 Å². The van der Waals surface area contributed by atoms with Crippen molar-refractivity contribution in [3.8, 4) is 0 Å². The van der Waals surface area contributed by atoms with Crippen molar-refractivity contribution in [3.63, 3.8) is 0 Å². The standard InChI is InChI=1S/C17H24N2/c1-17(2,3)15-9-11-16(12-10-15)19-18-13-14-7-5-4-6-8-14/h4-8,13,15H,9-12H2,1-3H3/b18-13+,19-16?. The van der Waals surface area contributed by atoms with Gasteiger partial charge in [0.15, 0.2) is 0 Å². The Balaban J connectivity index is 1.88. The summed E-state index contributed by atoms with van der Waals surface area (Å²) in [6.07, 6.45) is 6.55. The van der Waals surface area contributed by atoms with Gasteiger partial charge in [0.05, 0.1) is 6.21 Å². The third kappa shape index (κ3) is 4.30. The highest BCUT2D eigenvalue weighted by Gasteiger charge is 2.27. The molecule has 2 rings (SSSR count). The van der Waals surface area contributed by atoms with Crippen molar-refractivity contribution in [2.75, 3.05) is 0 Å². The lowest BCUT2D eigenvalue weighted by molar-refractivity contribution is 0.208. The number of hydrogen-bond acceptors (Lipinski definition) is 2. The number of rotatable bonds is 2. The second-order valence-electron chi connectivity index (χ2n) is 6.46. The minimum Gasteiger partial charge on any atom is -0.160 e. The molecule has 1 aromatic carbocycles. The lowest BCUT2D eigenvalue weighted by Gasteiger charge is -2.34.